The van der Waals surface area contributed by atoms with E-state index < -0.39 is 5.97 Å². The molecule has 15 heavy (non-hydrogen) atoms. The Labute approximate surface area is 93.7 Å². The summed E-state index contributed by atoms with van der Waals surface area (Å²) in [5.41, 5.74) is 6.96. The second-order valence-corrected chi connectivity index (χ2v) is 4.79. The maximum absolute atomic E-state index is 10.6. The Morgan fingerprint density at radius 2 is 2.07 bits per heavy atom. The van der Waals surface area contributed by atoms with Gasteiger partial charge in [0.25, 0.3) is 0 Å². The van der Waals surface area contributed by atoms with E-state index in [2.05, 4.69) is 6.92 Å². The van der Waals surface area contributed by atoms with E-state index in [0.29, 0.717) is 17.4 Å². The van der Waals surface area contributed by atoms with Crippen LogP contribution in [0.1, 0.15) is 22.8 Å². The first-order valence-corrected chi connectivity index (χ1v) is 5.82. The molecule has 3 nitrogen and oxygen atoms in total. The van der Waals surface area contributed by atoms with Crippen molar-refractivity contribution in [2.75, 3.05) is 6.54 Å². The van der Waals surface area contributed by atoms with E-state index in [1.807, 2.05) is 12.1 Å². The lowest BCUT2D eigenvalue weighted by molar-refractivity contribution is 0.0697. The number of carboxylic acids is 1. The van der Waals surface area contributed by atoms with E-state index in [1.54, 1.807) is 23.9 Å². The number of carboxylic acid groups (broad SMARTS) is 1. The zero-order valence-corrected chi connectivity index (χ0v) is 9.46. The molecule has 3 N–H and O–H groups in total. The van der Waals surface area contributed by atoms with Crippen LogP contribution in [0.2, 0.25) is 0 Å². The van der Waals surface area contributed by atoms with Gasteiger partial charge in [-0.15, -0.1) is 0 Å². The lowest BCUT2D eigenvalue weighted by Gasteiger charge is -2.07. The predicted octanol–water partition coefficient (Wildman–Crippen LogP) is 1.97. The summed E-state index contributed by atoms with van der Waals surface area (Å²) >= 11 is 1.77. The summed E-state index contributed by atoms with van der Waals surface area (Å²) in [6.45, 7) is 2.74. The zero-order valence-electron chi connectivity index (χ0n) is 8.64. The number of nitrogens with two attached hydrogens (primary N) is 1. The summed E-state index contributed by atoms with van der Waals surface area (Å²) in [6.07, 6.45) is 0. The van der Waals surface area contributed by atoms with Crippen LogP contribution >= 0.6 is 11.8 Å². The van der Waals surface area contributed by atoms with Gasteiger partial charge in [-0.05, 0) is 17.7 Å². The number of hydrogen-bond donors (Lipinski definition) is 2. The quantitative estimate of drug-likeness (QED) is 0.804. The first-order chi connectivity index (χ1) is 7.13. The van der Waals surface area contributed by atoms with Crippen LogP contribution in [-0.2, 0) is 5.75 Å². The summed E-state index contributed by atoms with van der Waals surface area (Å²) in [7, 11) is 0. The summed E-state index contributed by atoms with van der Waals surface area (Å²) < 4.78 is 0. The van der Waals surface area contributed by atoms with Gasteiger partial charge in [0.15, 0.2) is 0 Å². The molecule has 0 aliphatic carbocycles. The van der Waals surface area contributed by atoms with Crippen LogP contribution in [0.25, 0.3) is 0 Å². The number of thioether (sulfide) groups is 1. The molecule has 0 bridgehead atoms. The highest BCUT2D eigenvalue weighted by Crippen LogP contribution is 2.17. The predicted molar refractivity (Wildman–Crippen MR) is 63.2 cm³/mol. The summed E-state index contributed by atoms with van der Waals surface area (Å²) in [6, 6.07) is 6.95. The Bertz CT molecular complexity index is 324. The molecule has 82 valence electrons. The minimum Gasteiger partial charge on any atom is -0.478 e. The van der Waals surface area contributed by atoms with Crippen molar-refractivity contribution in [3.63, 3.8) is 0 Å². The zero-order chi connectivity index (χ0) is 11.3. The molecule has 0 fully saturated rings. The lowest BCUT2D eigenvalue weighted by atomic mass is 10.1. The molecule has 0 spiro atoms. The third-order valence-electron chi connectivity index (χ3n) is 2.07. The fourth-order valence-electron chi connectivity index (χ4n) is 1.05. The van der Waals surface area contributed by atoms with Gasteiger partial charge in [-0.1, -0.05) is 19.1 Å². The Morgan fingerprint density at radius 1 is 1.47 bits per heavy atom. The topological polar surface area (TPSA) is 63.3 Å². The fourth-order valence-corrected chi connectivity index (χ4v) is 1.86. The van der Waals surface area contributed by atoms with E-state index in [1.165, 1.54) is 0 Å². The van der Waals surface area contributed by atoms with E-state index in [0.717, 1.165) is 11.3 Å². The first kappa shape index (κ1) is 12.1. The number of benzene rings is 1. The van der Waals surface area contributed by atoms with Crippen molar-refractivity contribution in [1.82, 2.24) is 0 Å². The minimum absolute atomic E-state index is 0.329. The molecular formula is C11H15NO2S. The Kier molecular flexibility index (Phi) is 4.65. The Hall–Kier alpha value is -1.00. The first-order valence-electron chi connectivity index (χ1n) is 4.77. The number of carbonyl (C=O) groups is 1. The highest BCUT2D eigenvalue weighted by molar-refractivity contribution is 7.99. The summed E-state index contributed by atoms with van der Waals surface area (Å²) in [5, 5.41) is 9.14. The fraction of sp³-hybridized carbons (Fsp3) is 0.364. The standard InChI is InChI=1S/C11H15NO2S/c1-8(6-12)15-7-9-2-4-10(5-3-9)11(13)14/h2-5,8H,6-7,12H2,1H3,(H,13,14). The van der Waals surface area contributed by atoms with Crippen LogP contribution in [0.3, 0.4) is 0 Å². The van der Waals surface area contributed by atoms with Gasteiger partial charge in [0.2, 0.25) is 0 Å². The molecule has 0 aliphatic rings. The van der Waals surface area contributed by atoms with E-state index >= 15 is 0 Å². The molecule has 1 atom stereocenters. The van der Waals surface area contributed by atoms with Gasteiger partial charge in [0.05, 0.1) is 5.56 Å². The molecule has 0 saturated heterocycles. The smallest absolute Gasteiger partial charge is 0.335 e. The van der Waals surface area contributed by atoms with E-state index in [4.69, 9.17) is 10.8 Å². The van der Waals surface area contributed by atoms with Crippen LogP contribution in [0.5, 0.6) is 0 Å². The molecule has 1 aromatic carbocycles. The Morgan fingerprint density at radius 3 is 2.53 bits per heavy atom. The molecule has 0 aromatic heterocycles. The van der Waals surface area contributed by atoms with Crippen LogP contribution < -0.4 is 5.73 Å². The summed E-state index contributed by atoms with van der Waals surface area (Å²) in [5.74, 6) is -0.0114. The van der Waals surface area contributed by atoms with Crippen molar-refractivity contribution >= 4 is 17.7 Å². The largest absolute Gasteiger partial charge is 0.478 e. The van der Waals surface area contributed by atoms with Crippen LogP contribution in [0.15, 0.2) is 24.3 Å². The van der Waals surface area contributed by atoms with Gasteiger partial charge in [0, 0.05) is 17.5 Å². The van der Waals surface area contributed by atoms with Gasteiger partial charge in [0.1, 0.15) is 0 Å². The van der Waals surface area contributed by atoms with Gasteiger partial charge in [-0.25, -0.2) is 4.79 Å². The molecule has 0 aliphatic heterocycles. The molecule has 0 radical (unpaired) electrons. The highest BCUT2D eigenvalue weighted by atomic mass is 32.2. The van der Waals surface area contributed by atoms with Crippen molar-refractivity contribution in [2.24, 2.45) is 5.73 Å². The second-order valence-electron chi connectivity index (χ2n) is 3.36. The normalized spacial score (nSPS) is 12.4. The third kappa shape index (κ3) is 3.93. The van der Waals surface area contributed by atoms with Gasteiger partial charge < -0.3 is 10.8 Å². The van der Waals surface area contributed by atoms with Gasteiger partial charge >= 0.3 is 5.97 Å². The number of aromatic carboxylic acids is 1. The van der Waals surface area contributed by atoms with E-state index in [9.17, 15) is 4.79 Å². The average molecular weight is 225 g/mol. The Balaban J connectivity index is 2.53. The molecule has 4 heteroatoms. The molecule has 0 saturated carbocycles. The molecule has 1 unspecified atom stereocenters. The molecule has 1 aromatic rings. The van der Waals surface area contributed by atoms with Crippen molar-refractivity contribution < 1.29 is 9.90 Å². The third-order valence-corrected chi connectivity index (χ3v) is 3.33. The maximum Gasteiger partial charge on any atom is 0.335 e. The minimum atomic E-state index is -0.885. The molecule has 1 rings (SSSR count). The van der Waals surface area contributed by atoms with Crippen LogP contribution in [0.4, 0.5) is 0 Å². The van der Waals surface area contributed by atoms with Crippen LogP contribution in [0, 0.1) is 0 Å². The number of hydrogen-bond acceptors (Lipinski definition) is 3. The summed E-state index contributed by atoms with van der Waals surface area (Å²) in [4.78, 5) is 10.6. The number of rotatable bonds is 5. The maximum atomic E-state index is 10.6. The van der Waals surface area contributed by atoms with Gasteiger partial charge in [-0.2, -0.15) is 11.8 Å². The average Bonchev–Trinajstić information content (AvgIpc) is 2.26. The SMILES string of the molecule is CC(CN)SCc1ccc(C(=O)O)cc1. The van der Waals surface area contributed by atoms with Crippen LogP contribution in [-0.4, -0.2) is 22.9 Å². The van der Waals surface area contributed by atoms with Crippen molar-refractivity contribution in [2.45, 2.75) is 17.9 Å². The lowest BCUT2D eigenvalue weighted by Crippen LogP contribution is -2.12. The molecule has 0 heterocycles. The van der Waals surface area contributed by atoms with Gasteiger partial charge in [-0.3, -0.25) is 0 Å². The second kappa shape index (κ2) is 5.78. The monoisotopic (exact) mass is 225 g/mol. The highest BCUT2D eigenvalue weighted by Gasteiger charge is 2.03. The van der Waals surface area contributed by atoms with Crippen molar-refractivity contribution in [3.8, 4) is 0 Å². The molecular weight excluding hydrogens is 210 g/mol. The van der Waals surface area contributed by atoms with Crippen molar-refractivity contribution in [1.29, 1.82) is 0 Å². The molecule has 0 amide bonds. The van der Waals surface area contributed by atoms with Crippen molar-refractivity contribution in [3.05, 3.63) is 35.4 Å². The van der Waals surface area contributed by atoms with E-state index in [-0.39, 0.29) is 0 Å².